The van der Waals surface area contributed by atoms with Crippen LogP contribution in [0.4, 0.5) is 8.78 Å². The van der Waals surface area contributed by atoms with E-state index in [1.54, 1.807) is 6.07 Å². The average molecular weight is 212 g/mol. The van der Waals surface area contributed by atoms with E-state index < -0.39 is 11.6 Å². The van der Waals surface area contributed by atoms with Crippen LogP contribution in [0.2, 0.25) is 0 Å². The number of benzene rings is 1. The van der Waals surface area contributed by atoms with Gasteiger partial charge in [0, 0.05) is 0 Å². The molecule has 1 saturated carbocycles. The van der Waals surface area contributed by atoms with Crippen LogP contribution in [0.25, 0.3) is 0 Å². The van der Waals surface area contributed by atoms with Crippen molar-refractivity contribution in [2.75, 3.05) is 0 Å². The largest absolute Gasteiger partial charge is 0.393 e. The molecule has 15 heavy (non-hydrogen) atoms. The van der Waals surface area contributed by atoms with Gasteiger partial charge < -0.3 is 5.11 Å². The lowest BCUT2D eigenvalue weighted by molar-refractivity contribution is 0.141. The Hall–Kier alpha value is -0.960. The van der Waals surface area contributed by atoms with Crippen molar-refractivity contribution in [1.29, 1.82) is 0 Å². The van der Waals surface area contributed by atoms with E-state index in [-0.39, 0.29) is 6.10 Å². The third-order valence-corrected chi connectivity index (χ3v) is 2.91. The summed E-state index contributed by atoms with van der Waals surface area (Å²) in [4.78, 5) is 0. The molecule has 82 valence electrons. The second kappa shape index (κ2) is 4.27. The molecule has 1 aromatic rings. The van der Waals surface area contributed by atoms with E-state index >= 15 is 0 Å². The average Bonchev–Trinajstić information content (AvgIpc) is 3.03. The quantitative estimate of drug-likeness (QED) is 0.813. The van der Waals surface area contributed by atoms with E-state index in [1.807, 2.05) is 0 Å². The summed E-state index contributed by atoms with van der Waals surface area (Å²) in [5.74, 6) is -1.20. The Morgan fingerprint density at radius 1 is 1.33 bits per heavy atom. The van der Waals surface area contributed by atoms with Gasteiger partial charge in [-0.1, -0.05) is 12.1 Å². The molecule has 3 heteroatoms. The Balaban J connectivity index is 1.95. The lowest BCUT2D eigenvalue weighted by Gasteiger charge is -2.09. The van der Waals surface area contributed by atoms with Crippen LogP contribution in [0, 0.1) is 17.6 Å². The SMILES string of the molecule is OC(CCc1cccc(F)c1F)C1CC1. The van der Waals surface area contributed by atoms with E-state index in [0.717, 1.165) is 18.9 Å². The zero-order chi connectivity index (χ0) is 10.8. The number of hydrogen-bond donors (Lipinski definition) is 1. The first-order valence-electron chi connectivity index (χ1n) is 5.29. The molecule has 0 heterocycles. The van der Waals surface area contributed by atoms with Crippen molar-refractivity contribution < 1.29 is 13.9 Å². The van der Waals surface area contributed by atoms with Crippen LogP contribution in [0.15, 0.2) is 18.2 Å². The number of hydrogen-bond acceptors (Lipinski definition) is 1. The van der Waals surface area contributed by atoms with Gasteiger partial charge in [0.25, 0.3) is 0 Å². The molecule has 1 nitrogen and oxygen atoms in total. The van der Waals surface area contributed by atoms with E-state index in [0.29, 0.717) is 24.3 Å². The van der Waals surface area contributed by atoms with Crippen LogP contribution in [-0.4, -0.2) is 11.2 Å². The maximum atomic E-state index is 13.2. The summed E-state index contributed by atoms with van der Waals surface area (Å²) in [6, 6.07) is 4.17. The van der Waals surface area contributed by atoms with Gasteiger partial charge in [0.05, 0.1) is 6.10 Å². The van der Waals surface area contributed by atoms with Gasteiger partial charge in [-0.2, -0.15) is 0 Å². The fourth-order valence-electron chi connectivity index (χ4n) is 1.76. The standard InChI is InChI=1S/C12H14F2O/c13-10-3-1-2-9(12(10)14)6-7-11(15)8-4-5-8/h1-3,8,11,15H,4-7H2. The maximum absolute atomic E-state index is 13.2. The number of aliphatic hydroxyl groups excluding tert-OH is 1. The molecule has 0 aromatic heterocycles. The zero-order valence-electron chi connectivity index (χ0n) is 8.42. The zero-order valence-corrected chi connectivity index (χ0v) is 8.42. The molecular weight excluding hydrogens is 198 g/mol. The highest BCUT2D eigenvalue weighted by Gasteiger charge is 2.29. The first-order chi connectivity index (χ1) is 7.18. The number of aryl methyl sites for hydroxylation is 1. The van der Waals surface area contributed by atoms with Crippen molar-refractivity contribution in [2.24, 2.45) is 5.92 Å². The molecular formula is C12H14F2O. The summed E-state index contributed by atoms with van der Waals surface area (Å²) in [7, 11) is 0. The van der Waals surface area contributed by atoms with Crippen LogP contribution in [0.3, 0.4) is 0 Å². The smallest absolute Gasteiger partial charge is 0.162 e. The molecule has 0 aliphatic heterocycles. The molecule has 1 N–H and O–H groups in total. The predicted octanol–water partition coefficient (Wildman–Crippen LogP) is 2.67. The molecule has 1 aromatic carbocycles. The van der Waals surface area contributed by atoms with Crippen LogP contribution in [-0.2, 0) is 6.42 Å². The number of rotatable bonds is 4. The normalized spacial score (nSPS) is 17.8. The summed E-state index contributed by atoms with van der Waals surface area (Å²) >= 11 is 0. The fourth-order valence-corrected chi connectivity index (χ4v) is 1.76. The van der Waals surface area contributed by atoms with Gasteiger partial charge in [0.15, 0.2) is 11.6 Å². The second-order valence-electron chi connectivity index (χ2n) is 4.16. The Morgan fingerprint density at radius 2 is 2.07 bits per heavy atom. The van der Waals surface area contributed by atoms with Gasteiger partial charge in [0.2, 0.25) is 0 Å². The van der Waals surface area contributed by atoms with Crippen LogP contribution < -0.4 is 0 Å². The Bertz CT molecular complexity index is 347. The van der Waals surface area contributed by atoms with Crippen LogP contribution in [0.5, 0.6) is 0 Å². The highest BCUT2D eigenvalue weighted by molar-refractivity contribution is 5.19. The first-order valence-corrected chi connectivity index (χ1v) is 5.29. The van der Waals surface area contributed by atoms with Gasteiger partial charge in [-0.25, -0.2) is 8.78 Å². The minimum absolute atomic E-state index is 0.354. The van der Waals surface area contributed by atoms with Crippen molar-refractivity contribution in [3.05, 3.63) is 35.4 Å². The highest BCUT2D eigenvalue weighted by atomic mass is 19.2. The predicted molar refractivity (Wildman–Crippen MR) is 53.4 cm³/mol. The topological polar surface area (TPSA) is 20.2 Å². The third-order valence-electron chi connectivity index (χ3n) is 2.91. The summed E-state index contributed by atoms with van der Waals surface area (Å²) < 4.78 is 26.0. The minimum Gasteiger partial charge on any atom is -0.393 e. The molecule has 2 rings (SSSR count). The van der Waals surface area contributed by atoms with Crippen molar-refractivity contribution in [1.82, 2.24) is 0 Å². The van der Waals surface area contributed by atoms with Gasteiger partial charge >= 0.3 is 0 Å². The van der Waals surface area contributed by atoms with Gasteiger partial charge in [-0.05, 0) is 43.2 Å². The summed E-state index contributed by atoms with van der Waals surface area (Å²) in [6.07, 6.45) is 2.69. The molecule has 1 unspecified atom stereocenters. The molecule has 1 aliphatic rings. The third kappa shape index (κ3) is 2.53. The molecule has 0 spiro atoms. The molecule has 1 atom stereocenters. The van der Waals surface area contributed by atoms with E-state index in [4.69, 9.17) is 0 Å². The summed E-state index contributed by atoms with van der Waals surface area (Å²) in [6.45, 7) is 0. The summed E-state index contributed by atoms with van der Waals surface area (Å²) in [5, 5.41) is 9.59. The minimum atomic E-state index is -0.812. The van der Waals surface area contributed by atoms with Gasteiger partial charge in [-0.3, -0.25) is 0 Å². The lowest BCUT2D eigenvalue weighted by atomic mass is 10.0. The van der Waals surface area contributed by atoms with Crippen molar-refractivity contribution >= 4 is 0 Å². The Morgan fingerprint density at radius 3 is 2.73 bits per heavy atom. The van der Waals surface area contributed by atoms with Gasteiger partial charge in [-0.15, -0.1) is 0 Å². The molecule has 0 saturated heterocycles. The molecule has 0 amide bonds. The lowest BCUT2D eigenvalue weighted by Crippen LogP contribution is -2.10. The van der Waals surface area contributed by atoms with Crippen molar-refractivity contribution in [3.63, 3.8) is 0 Å². The molecule has 0 radical (unpaired) electrons. The van der Waals surface area contributed by atoms with Crippen molar-refractivity contribution in [3.8, 4) is 0 Å². The molecule has 1 fully saturated rings. The van der Waals surface area contributed by atoms with Crippen LogP contribution >= 0.6 is 0 Å². The van der Waals surface area contributed by atoms with Crippen LogP contribution in [0.1, 0.15) is 24.8 Å². The fraction of sp³-hybridized carbons (Fsp3) is 0.500. The number of aliphatic hydroxyl groups is 1. The highest BCUT2D eigenvalue weighted by Crippen LogP contribution is 2.34. The Kier molecular flexibility index (Phi) is 3.00. The molecule has 1 aliphatic carbocycles. The molecule has 0 bridgehead atoms. The van der Waals surface area contributed by atoms with E-state index in [1.165, 1.54) is 6.07 Å². The first kappa shape index (κ1) is 10.6. The number of halogens is 2. The summed E-state index contributed by atoms with van der Waals surface area (Å²) in [5.41, 5.74) is 0.356. The van der Waals surface area contributed by atoms with Gasteiger partial charge in [0.1, 0.15) is 0 Å². The van der Waals surface area contributed by atoms with Crippen molar-refractivity contribution in [2.45, 2.75) is 31.8 Å². The van der Waals surface area contributed by atoms with E-state index in [2.05, 4.69) is 0 Å². The Labute approximate surface area is 87.7 Å². The second-order valence-corrected chi connectivity index (χ2v) is 4.16. The maximum Gasteiger partial charge on any atom is 0.162 e. The van der Waals surface area contributed by atoms with E-state index in [9.17, 15) is 13.9 Å². The monoisotopic (exact) mass is 212 g/mol.